The summed E-state index contributed by atoms with van der Waals surface area (Å²) in [4.78, 5) is 33.0. The molecule has 1 heterocycles. The molecule has 2 fully saturated rings. The molecule has 1 aliphatic carbocycles. The summed E-state index contributed by atoms with van der Waals surface area (Å²) >= 11 is 0. The summed E-state index contributed by atoms with van der Waals surface area (Å²) in [5.41, 5.74) is 0.406. The van der Waals surface area contributed by atoms with Gasteiger partial charge in [0.05, 0.1) is 12.2 Å². The van der Waals surface area contributed by atoms with E-state index in [1.165, 1.54) is 12.3 Å². The van der Waals surface area contributed by atoms with Crippen LogP contribution < -0.4 is 5.32 Å². The number of carbonyl (C=O) groups is 2. The van der Waals surface area contributed by atoms with Crippen molar-refractivity contribution in [2.75, 3.05) is 45.9 Å². The highest BCUT2D eigenvalue weighted by molar-refractivity contribution is 6.22. The molecule has 0 radical (unpaired) electrons. The summed E-state index contributed by atoms with van der Waals surface area (Å²) in [5.74, 6) is -4.13. The van der Waals surface area contributed by atoms with Gasteiger partial charge in [0.2, 0.25) is 0 Å². The van der Waals surface area contributed by atoms with Crippen LogP contribution in [0.3, 0.4) is 0 Å². The second-order valence-corrected chi connectivity index (χ2v) is 8.13. The number of nitrogens with zero attached hydrogens (tertiary/aromatic N) is 2. The molecule has 0 atom stereocenters. The van der Waals surface area contributed by atoms with Gasteiger partial charge < -0.3 is 5.32 Å². The molecule has 0 bridgehead atoms. The Morgan fingerprint density at radius 2 is 1.77 bits per heavy atom. The van der Waals surface area contributed by atoms with Crippen molar-refractivity contribution in [1.82, 2.24) is 15.3 Å². The molecule has 1 aliphatic heterocycles. The third-order valence-electron chi connectivity index (χ3n) is 5.80. The van der Waals surface area contributed by atoms with Gasteiger partial charge in [-0.3, -0.25) is 19.3 Å². The van der Waals surface area contributed by atoms with E-state index in [9.17, 15) is 18.4 Å². The first-order chi connectivity index (χ1) is 14.8. The normalized spacial score (nSPS) is 21.4. The van der Waals surface area contributed by atoms with Gasteiger partial charge in [0.1, 0.15) is 0 Å². The molecule has 0 aromatic heterocycles. The summed E-state index contributed by atoms with van der Waals surface area (Å²) in [6.45, 7) is 8.41. The second-order valence-electron chi connectivity index (χ2n) is 8.13. The van der Waals surface area contributed by atoms with Gasteiger partial charge in [-0.05, 0) is 18.4 Å². The molecule has 6 nitrogen and oxygen atoms in total. The molecule has 0 unspecified atom stereocenters. The Hall–Kier alpha value is -2.16. The van der Waals surface area contributed by atoms with E-state index in [4.69, 9.17) is 4.84 Å². The van der Waals surface area contributed by atoms with Gasteiger partial charge in [-0.1, -0.05) is 24.3 Å². The lowest BCUT2D eigenvalue weighted by Gasteiger charge is -2.33. The number of halogens is 2. The molecule has 1 N–H and O–H groups in total. The summed E-state index contributed by atoms with van der Waals surface area (Å²) in [7, 11) is 0. The minimum Gasteiger partial charge on any atom is -0.389 e. The molecule has 1 saturated heterocycles. The highest BCUT2D eigenvalue weighted by atomic mass is 19.3. The first kappa shape index (κ1) is 23.5. The highest BCUT2D eigenvalue weighted by Crippen LogP contribution is 2.38. The van der Waals surface area contributed by atoms with Crippen LogP contribution in [0.2, 0.25) is 0 Å². The fraction of sp³-hybridized carbons (Fsp3) is 0.565. The topological polar surface area (TPSA) is 61.9 Å². The lowest BCUT2D eigenvalue weighted by molar-refractivity contribution is -0.172. The molecule has 0 amide bonds. The van der Waals surface area contributed by atoms with Crippen LogP contribution in [0.1, 0.15) is 43.7 Å². The van der Waals surface area contributed by atoms with Crippen molar-refractivity contribution >= 4 is 11.6 Å². The molecule has 1 saturated carbocycles. The number of carbonyl (C=O) groups excluding carboxylic acids is 2. The number of rotatable bonds is 8. The standard InChI is InChI=1S/C23H31F2N3O3/c1-3-31-28-12-10-27(11-13-28)9-8-26-16-19-21(29)14-17(15-22(19)30)18-6-4-5-7-20(18)23(2,24)25/h4-7,16-17,26H,3,8-15H2,1-2H3. The number of hydrogen-bond donors (Lipinski definition) is 1. The molecule has 1 aromatic carbocycles. The Morgan fingerprint density at radius 3 is 2.39 bits per heavy atom. The third kappa shape index (κ3) is 6.18. The molecule has 3 rings (SSSR count). The Kier molecular flexibility index (Phi) is 7.91. The first-order valence-corrected chi connectivity index (χ1v) is 10.9. The van der Waals surface area contributed by atoms with E-state index in [0.717, 1.165) is 39.6 Å². The molecule has 31 heavy (non-hydrogen) atoms. The van der Waals surface area contributed by atoms with Gasteiger partial charge in [-0.2, -0.15) is 5.06 Å². The monoisotopic (exact) mass is 435 g/mol. The number of hydrogen-bond acceptors (Lipinski definition) is 6. The second kappa shape index (κ2) is 10.4. The number of Topliss-reactive ketones (excluding diaryl/α,β-unsaturated/α-hetero) is 2. The molecule has 170 valence electrons. The van der Waals surface area contributed by atoms with Crippen molar-refractivity contribution in [3.05, 3.63) is 47.2 Å². The largest absolute Gasteiger partial charge is 0.389 e. The van der Waals surface area contributed by atoms with Crippen LogP contribution in [-0.2, 0) is 20.3 Å². The van der Waals surface area contributed by atoms with Crippen LogP contribution in [0.5, 0.6) is 0 Å². The zero-order valence-electron chi connectivity index (χ0n) is 18.2. The Labute approximate surface area is 182 Å². The number of alkyl halides is 2. The Balaban J connectivity index is 1.53. The average Bonchev–Trinajstić information content (AvgIpc) is 2.73. The number of piperazine rings is 1. The molecule has 2 aliphatic rings. The predicted molar refractivity (Wildman–Crippen MR) is 114 cm³/mol. The van der Waals surface area contributed by atoms with E-state index in [1.54, 1.807) is 18.2 Å². The summed E-state index contributed by atoms with van der Waals surface area (Å²) in [5, 5.41) is 5.05. The zero-order chi connectivity index (χ0) is 22.4. The minimum absolute atomic E-state index is 0.0612. The molecular formula is C23H31F2N3O3. The smallest absolute Gasteiger partial charge is 0.270 e. The fourth-order valence-electron chi connectivity index (χ4n) is 4.19. The van der Waals surface area contributed by atoms with Gasteiger partial charge in [0, 0.05) is 70.8 Å². The number of hydroxylamine groups is 2. The minimum atomic E-state index is -3.02. The summed E-state index contributed by atoms with van der Waals surface area (Å²) in [6.07, 6.45) is 1.62. The maximum atomic E-state index is 14.0. The van der Waals surface area contributed by atoms with Crippen LogP contribution in [0, 0.1) is 0 Å². The number of ketones is 2. The van der Waals surface area contributed by atoms with Crippen molar-refractivity contribution < 1.29 is 23.2 Å². The zero-order valence-corrected chi connectivity index (χ0v) is 18.2. The highest BCUT2D eigenvalue weighted by Gasteiger charge is 2.36. The van der Waals surface area contributed by atoms with E-state index in [-0.39, 0.29) is 35.5 Å². The predicted octanol–water partition coefficient (Wildman–Crippen LogP) is 2.86. The van der Waals surface area contributed by atoms with E-state index in [2.05, 4.69) is 10.2 Å². The SMILES string of the molecule is CCON1CCN(CCNC=C2C(=O)CC(c3ccccc3C(C)(F)F)CC2=O)CC1. The maximum absolute atomic E-state index is 14.0. The molecule has 0 spiro atoms. The molecule has 1 aromatic rings. The van der Waals surface area contributed by atoms with E-state index in [0.29, 0.717) is 18.7 Å². The Morgan fingerprint density at radius 1 is 1.13 bits per heavy atom. The van der Waals surface area contributed by atoms with Crippen LogP contribution in [-0.4, -0.2) is 67.4 Å². The average molecular weight is 436 g/mol. The van der Waals surface area contributed by atoms with Gasteiger partial charge in [0.25, 0.3) is 5.92 Å². The van der Waals surface area contributed by atoms with Crippen molar-refractivity contribution in [1.29, 1.82) is 0 Å². The van der Waals surface area contributed by atoms with E-state index < -0.39 is 11.8 Å². The Bertz CT molecular complexity index is 795. The van der Waals surface area contributed by atoms with Crippen LogP contribution in [0.25, 0.3) is 0 Å². The first-order valence-electron chi connectivity index (χ1n) is 10.9. The lowest BCUT2D eigenvalue weighted by Crippen LogP contribution is -2.47. The molecule has 8 heteroatoms. The summed E-state index contributed by atoms with van der Waals surface area (Å²) in [6, 6.07) is 6.18. The van der Waals surface area contributed by atoms with E-state index in [1.807, 2.05) is 12.0 Å². The van der Waals surface area contributed by atoms with Crippen LogP contribution in [0.4, 0.5) is 8.78 Å². The third-order valence-corrected chi connectivity index (χ3v) is 5.80. The van der Waals surface area contributed by atoms with Crippen molar-refractivity contribution in [3.63, 3.8) is 0 Å². The fourth-order valence-corrected chi connectivity index (χ4v) is 4.19. The maximum Gasteiger partial charge on any atom is 0.270 e. The van der Waals surface area contributed by atoms with Gasteiger partial charge >= 0.3 is 0 Å². The van der Waals surface area contributed by atoms with Crippen molar-refractivity contribution in [2.45, 2.75) is 38.5 Å². The number of allylic oxidation sites excluding steroid dienone is 1. The van der Waals surface area contributed by atoms with Crippen LogP contribution in [0.15, 0.2) is 36.0 Å². The quantitative estimate of drug-likeness (QED) is 0.385. The van der Waals surface area contributed by atoms with Gasteiger partial charge in [-0.25, -0.2) is 8.78 Å². The van der Waals surface area contributed by atoms with E-state index >= 15 is 0 Å². The summed E-state index contributed by atoms with van der Waals surface area (Å²) < 4.78 is 27.9. The van der Waals surface area contributed by atoms with Gasteiger partial charge in [0.15, 0.2) is 11.6 Å². The number of nitrogens with one attached hydrogen (secondary N) is 1. The van der Waals surface area contributed by atoms with Crippen molar-refractivity contribution in [2.24, 2.45) is 0 Å². The molecular weight excluding hydrogens is 404 g/mol. The number of benzene rings is 1. The lowest BCUT2D eigenvalue weighted by atomic mass is 9.78. The van der Waals surface area contributed by atoms with Crippen molar-refractivity contribution in [3.8, 4) is 0 Å². The van der Waals surface area contributed by atoms with Gasteiger partial charge in [-0.15, -0.1) is 0 Å². The van der Waals surface area contributed by atoms with Crippen LogP contribution >= 0.6 is 0 Å².